The number of rotatable bonds is 13. The molecule has 2 N–H and O–H groups in total. The van der Waals surface area contributed by atoms with Crippen LogP contribution in [0.5, 0.6) is 0 Å². The second-order valence-electron chi connectivity index (χ2n) is 9.20. The van der Waals surface area contributed by atoms with Crippen molar-refractivity contribution in [2.75, 3.05) is 54.1 Å². The van der Waals surface area contributed by atoms with E-state index < -0.39 is 0 Å². The van der Waals surface area contributed by atoms with Crippen molar-refractivity contribution in [2.24, 2.45) is 0 Å². The predicted molar refractivity (Wildman–Crippen MR) is 147 cm³/mol. The fourth-order valence-corrected chi connectivity index (χ4v) is 4.67. The lowest BCUT2D eigenvalue weighted by Gasteiger charge is -2.26. The molecule has 0 saturated carbocycles. The minimum atomic E-state index is -0.0709. The van der Waals surface area contributed by atoms with E-state index in [1.807, 2.05) is 36.4 Å². The summed E-state index contributed by atoms with van der Waals surface area (Å²) in [5, 5.41) is 5.88. The Morgan fingerprint density at radius 1 is 0.886 bits per heavy atom. The largest absolute Gasteiger partial charge is 0.370 e. The normalized spacial score (nSPS) is 13.9. The van der Waals surface area contributed by atoms with Gasteiger partial charge >= 0.3 is 0 Å². The van der Waals surface area contributed by atoms with E-state index in [0.29, 0.717) is 24.4 Å². The summed E-state index contributed by atoms with van der Waals surface area (Å²) in [7, 11) is 0. The smallest absolute Gasteiger partial charge is 0.228 e. The van der Waals surface area contributed by atoms with Crippen LogP contribution in [0.1, 0.15) is 51.0 Å². The average Bonchev–Trinajstić information content (AvgIpc) is 2.86. The number of benzene rings is 2. The van der Waals surface area contributed by atoms with Gasteiger partial charge in [-0.25, -0.2) is 0 Å². The van der Waals surface area contributed by atoms with Gasteiger partial charge in [0.05, 0.1) is 6.42 Å². The lowest BCUT2D eigenvalue weighted by molar-refractivity contribution is -0.116. The maximum Gasteiger partial charge on any atom is 0.228 e. The molecule has 7 heteroatoms. The SMILES string of the molecule is CCCN(CCCl)c1ccc(CC(=O)Nc2ccc(NC(=O)CCCN3CCCCC3)cc2)cc1. The second-order valence-corrected chi connectivity index (χ2v) is 9.58. The number of hydrogen-bond acceptors (Lipinski definition) is 4. The van der Waals surface area contributed by atoms with Crippen molar-refractivity contribution in [1.29, 1.82) is 0 Å². The van der Waals surface area contributed by atoms with Crippen molar-refractivity contribution in [3.63, 3.8) is 0 Å². The van der Waals surface area contributed by atoms with Crippen LogP contribution in [0.4, 0.5) is 17.1 Å². The van der Waals surface area contributed by atoms with Crippen LogP contribution in [0.2, 0.25) is 0 Å². The van der Waals surface area contributed by atoms with E-state index in [4.69, 9.17) is 11.6 Å². The third-order valence-corrected chi connectivity index (χ3v) is 6.46. The molecule has 2 aromatic rings. The molecule has 2 amide bonds. The molecule has 0 radical (unpaired) electrons. The highest BCUT2D eigenvalue weighted by atomic mass is 35.5. The highest BCUT2D eigenvalue weighted by Crippen LogP contribution is 2.18. The van der Waals surface area contributed by atoms with E-state index in [0.717, 1.165) is 62.5 Å². The van der Waals surface area contributed by atoms with Gasteiger partial charge in [-0.05, 0) is 87.3 Å². The lowest BCUT2D eigenvalue weighted by Crippen LogP contribution is -2.31. The number of piperidine rings is 1. The molecule has 6 nitrogen and oxygen atoms in total. The van der Waals surface area contributed by atoms with E-state index in [9.17, 15) is 9.59 Å². The molecule has 1 aliphatic rings. The number of alkyl halides is 1. The van der Waals surface area contributed by atoms with Crippen LogP contribution in [0.15, 0.2) is 48.5 Å². The summed E-state index contributed by atoms with van der Waals surface area (Å²) in [4.78, 5) is 29.5. The van der Waals surface area contributed by atoms with Gasteiger partial charge in [-0.15, -0.1) is 11.6 Å². The van der Waals surface area contributed by atoms with Crippen molar-refractivity contribution >= 4 is 40.5 Å². The molecule has 35 heavy (non-hydrogen) atoms. The first-order chi connectivity index (χ1) is 17.1. The van der Waals surface area contributed by atoms with Crippen molar-refractivity contribution in [2.45, 2.75) is 51.9 Å². The number of likely N-dealkylation sites (tertiary alicyclic amines) is 1. The summed E-state index contributed by atoms with van der Waals surface area (Å²) in [6.07, 6.45) is 6.64. The molecule has 0 aliphatic carbocycles. The molecule has 0 aromatic heterocycles. The first kappa shape index (κ1) is 27.0. The van der Waals surface area contributed by atoms with Crippen LogP contribution in [-0.2, 0) is 16.0 Å². The fraction of sp³-hybridized carbons (Fsp3) is 0.500. The highest BCUT2D eigenvalue weighted by Gasteiger charge is 2.11. The van der Waals surface area contributed by atoms with Gasteiger partial charge in [0.1, 0.15) is 0 Å². The van der Waals surface area contributed by atoms with Crippen molar-refractivity contribution < 1.29 is 9.59 Å². The van der Waals surface area contributed by atoms with Crippen LogP contribution < -0.4 is 15.5 Å². The highest BCUT2D eigenvalue weighted by molar-refractivity contribution is 6.18. The van der Waals surface area contributed by atoms with Crippen LogP contribution in [-0.4, -0.2) is 55.3 Å². The maximum atomic E-state index is 12.5. The van der Waals surface area contributed by atoms with Crippen LogP contribution in [0, 0.1) is 0 Å². The van der Waals surface area contributed by atoms with Crippen molar-refractivity contribution in [3.05, 3.63) is 54.1 Å². The quantitative estimate of drug-likeness (QED) is 0.356. The number of nitrogens with one attached hydrogen (secondary N) is 2. The fourth-order valence-electron chi connectivity index (χ4n) is 4.46. The number of carbonyl (C=O) groups excluding carboxylic acids is 2. The Kier molecular flexibility index (Phi) is 11.4. The average molecular weight is 499 g/mol. The van der Waals surface area contributed by atoms with Gasteiger partial charge < -0.3 is 20.4 Å². The lowest BCUT2D eigenvalue weighted by atomic mass is 10.1. The van der Waals surface area contributed by atoms with E-state index in [-0.39, 0.29) is 11.8 Å². The van der Waals surface area contributed by atoms with Crippen LogP contribution in [0.25, 0.3) is 0 Å². The summed E-state index contributed by atoms with van der Waals surface area (Å²) in [5.74, 6) is 0.551. The Labute approximate surface area is 215 Å². The number of hydrogen-bond donors (Lipinski definition) is 2. The Morgan fingerprint density at radius 3 is 2.11 bits per heavy atom. The first-order valence-electron chi connectivity index (χ1n) is 12.9. The number of halogens is 1. The molecule has 0 atom stereocenters. The number of nitrogens with zero attached hydrogens (tertiary/aromatic N) is 2. The Bertz CT molecular complexity index is 906. The summed E-state index contributed by atoms with van der Waals surface area (Å²) >= 11 is 5.92. The van der Waals surface area contributed by atoms with Crippen LogP contribution in [0.3, 0.4) is 0 Å². The molecule has 0 bridgehead atoms. The molecule has 1 aliphatic heterocycles. The summed E-state index contributed by atoms with van der Waals surface area (Å²) in [5.41, 5.74) is 3.55. The van der Waals surface area contributed by atoms with Gasteiger partial charge in [0, 0.05) is 42.5 Å². The third-order valence-electron chi connectivity index (χ3n) is 6.29. The predicted octanol–water partition coefficient (Wildman–Crippen LogP) is 5.53. The topological polar surface area (TPSA) is 64.7 Å². The van der Waals surface area contributed by atoms with E-state index in [1.165, 1.54) is 19.3 Å². The van der Waals surface area contributed by atoms with Gasteiger partial charge in [-0.2, -0.15) is 0 Å². The molecular weight excluding hydrogens is 460 g/mol. The third kappa shape index (κ3) is 9.54. The monoisotopic (exact) mass is 498 g/mol. The summed E-state index contributed by atoms with van der Waals surface area (Å²) in [6.45, 7) is 7.23. The number of carbonyl (C=O) groups is 2. The zero-order chi connectivity index (χ0) is 24.9. The van der Waals surface area contributed by atoms with Gasteiger partial charge in [-0.1, -0.05) is 25.5 Å². The van der Waals surface area contributed by atoms with Gasteiger partial charge in [-0.3, -0.25) is 9.59 Å². The number of anilines is 3. The van der Waals surface area contributed by atoms with E-state index in [2.05, 4.69) is 39.5 Å². The van der Waals surface area contributed by atoms with E-state index in [1.54, 1.807) is 0 Å². The Hall–Kier alpha value is -2.57. The number of amides is 2. The summed E-state index contributed by atoms with van der Waals surface area (Å²) in [6, 6.07) is 15.4. The summed E-state index contributed by atoms with van der Waals surface area (Å²) < 4.78 is 0. The first-order valence-corrected chi connectivity index (χ1v) is 13.4. The minimum absolute atomic E-state index is 0.0331. The van der Waals surface area contributed by atoms with Crippen LogP contribution >= 0.6 is 11.6 Å². The molecular formula is C28H39ClN4O2. The molecule has 0 spiro atoms. The zero-order valence-electron chi connectivity index (χ0n) is 20.9. The molecule has 0 unspecified atom stereocenters. The van der Waals surface area contributed by atoms with Crippen molar-refractivity contribution in [3.8, 4) is 0 Å². The second kappa shape index (κ2) is 14.7. The van der Waals surface area contributed by atoms with E-state index >= 15 is 0 Å². The molecule has 190 valence electrons. The minimum Gasteiger partial charge on any atom is -0.370 e. The van der Waals surface area contributed by atoms with Gasteiger partial charge in [0.15, 0.2) is 0 Å². The molecule has 1 saturated heterocycles. The molecule has 3 rings (SSSR count). The maximum absolute atomic E-state index is 12.5. The Balaban J connectivity index is 1.40. The standard InChI is InChI=1S/C28H39ClN4O2/c1-2-17-33(21-16-29)26-14-8-23(9-15-26)22-28(35)31-25-12-10-24(11-13-25)30-27(34)7-6-20-32-18-4-3-5-19-32/h8-15H,2-7,16-22H2,1H3,(H,30,34)(H,31,35). The molecule has 1 heterocycles. The van der Waals surface area contributed by atoms with Gasteiger partial charge in [0.2, 0.25) is 11.8 Å². The Morgan fingerprint density at radius 2 is 1.51 bits per heavy atom. The molecule has 2 aromatic carbocycles. The van der Waals surface area contributed by atoms with Crippen molar-refractivity contribution in [1.82, 2.24) is 4.90 Å². The zero-order valence-corrected chi connectivity index (χ0v) is 21.7. The van der Waals surface area contributed by atoms with Gasteiger partial charge in [0.25, 0.3) is 0 Å². The molecule has 1 fully saturated rings.